The second-order valence-corrected chi connectivity index (χ2v) is 6.12. The Bertz CT molecular complexity index is 594. The van der Waals surface area contributed by atoms with Crippen LogP contribution in [0.1, 0.15) is 13.8 Å². The van der Waals surface area contributed by atoms with E-state index in [-0.39, 0.29) is 45.9 Å². The van der Waals surface area contributed by atoms with Crippen LogP contribution in [0.5, 0.6) is 0 Å². The van der Waals surface area contributed by atoms with E-state index in [1.54, 1.807) is 6.92 Å². The Morgan fingerprint density at radius 1 is 1.25 bits per heavy atom. The number of esters is 3. The van der Waals surface area contributed by atoms with Crippen LogP contribution in [0.15, 0.2) is 0 Å². The van der Waals surface area contributed by atoms with E-state index in [0.29, 0.717) is 0 Å². The van der Waals surface area contributed by atoms with Crippen LogP contribution in [-0.4, -0.2) is 108 Å². The molecule has 0 aromatic carbocycles. The van der Waals surface area contributed by atoms with Crippen molar-refractivity contribution in [3.05, 3.63) is 0 Å². The van der Waals surface area contributed by atoms with Crippen LogP contribution in [0.4, 0.5) is 0 Å². The molecule has 3 N–H and O–H groups in total. The molecule has 0 amide bonds. The number of carboxylic acid groups (broad SMARTS) is 2. The van der Waals surface area contributed by atoms with Crippen molar-refractivity contribution in [2.24, 2.45) is 0 Å². The minimum absolute atomic E-state index is 0.0274. The molecule has 0 aliphatic carbocycles. The summed E-state index contributed by atoms with van der Waals surface area (Å²) in [4.78, 5) is 60.1. The maximum atomic E-state index is 11.9. The molecule has 0 saturated carbocycles. The first-order chi connectivity index (χ1) is 13.1. The molecule has 12 nitrogen and oxygen atoms in total. The van der Waals surface area contributed by atoms with Crippen LogP contribution < -0.4 is 5.32 Å². The van der Waals surface area contributed by atoms with E-state index in [0.717, 1.165) is 0 Å². The fourth-order valence-electron chi connectivity index (χ4n) is 2.84. The predicted octanol–water partition coefficient (Wildman–Crippen LogP) is -2.25. The summed E-state index contributed by atoms with van der Waals surface area (Å²) in [6.45, 7) is 2.17. The van der Waals surface area contributed by atoms with Gasteiger partial charge in [0.15, 0.2) is 0 Å². The smallest absolute Gasteiger partial charge is 0.327 e. The first-order valence-electron chi connectivity index (χ1n) is 8.68. The number of hydrogen-bond acceptors (Lipinski definition) is 10. The molecule has 1 heterocycles. The number of aliphatic carboxylic acids is 2. The second-order valence-electron chi connectivity index (χ2n) is 6.12. The lowest BCUT2D eigenvalue weighted by molar-refractivity contribution is -0.170. The molecule has 1 aliphatic heterocycles. The van der Waals surface area contributed by atoms with E-state index >= 15 is 0 Å². The Morgan fingerprint density at radius 3 is 2.36 bits per heavy atom. The van der Waals surface area contributed by atoms with E-state index in [4.69, 9.17) is 9.84 Å². The number of nitrogens with zero attached hydrogens (tertiary/aromatic N) is 2. The lowest BCUT2D eigenvalue weighted by atomic mass is 10.1. The highest BCUT2D eigenvalue weighted by molar-refractivity contribution is 5.90. The van der Waals surface area contributed by atoms with Crippen LogP contribution in [0.2, 0.25) is 0 Å². The summed E-state index contributed by atoms with van der Waals surface area (Å²) in [5, 5.41) is 21.0. The van der Waals surface area contributed by atoms with Gasteiger partial charge in [-0.25, -0.2) is 0 Å². The van der Waals surface area contributed by atoms with Crippen molar-refractivity contribution in [1.29, 1.82) is 0 Å². The lowest BCUT2D eigenvalue weighted by Gasteiger charge is -2.38. The zero-order valence-corrected chi connectivity index (χ0v) is 15.8. The topological polar surface area (TPSA) is 163 Å². The number of carbonyl (C=O) groups is 5. The van der Waals surface area contributed by atoms with E-state index in [1.807, 2.05) is 0 Å². The number of nitrogens with one attached hydrogen (secondary N) is 1. The summed E-state index contributed by atoms with van der Waals surface area (Å²) in [5.41, 5.74) is 0. The SMILES string of the molecule is CCOC(=O)CN(CCNCC(=O)O)C(C(=O)O)C(C)N1CC(=O)OC(=O)C1. The van der Waals surface area contributed by atoms with Gasteiger partial charge < -0.3 is 25.0 Å². The second kappa shape index (κ2) is 11.3. The third-order valence-electron chi connectivity index (χ3n) is 4.06. The highest BCUT2D eigenvalue weighted by Gasteiger charge is 2.39. The Hall–Kier alpha value is -2.57. The van der Waals surface area contributed by atoms with Gasteiger partial charge in [-0.3, -0.25) is 33.8 Å². The van der Waals surface area contributed by atoms with Crippen molar-refractivity contribution in [2.45, 2.75) is 25.9 Å². The van der Waals surface area contributed by atoms with Gasteiger partial charge in [0.05, 0.1) is 32.8 Å². The zero-order valence-electron chi connectivity index (χ0n) is 15.8. The first-order valence-corrected chi connectivity index (χ1v) is 8.68. The zero-order chi connectivity index (χ0) is 21.3. The Kier molecular flexibility index (Phi) is 9.48. The van der Waals surface area contributed by atoms with Crippen LogP contribution in [0, 0.1) is 0 Å². The minimum atomic E-state index is -1.26. The quantitative estimate of drug-likeness (QED) is 0.183. The summed E-state index contributed by atoms with van der Waals surface area (Å²) in [6, 6.07) is -2.07. The summed E-state index contributed by atoms with van der Waals surface area (Å²) >= 11 is 0. The molecule has 0 aromatic heterocycles. The summed E-state index contributed by atoms with van der Waals surface area (Å²) < 4.78 is 9.32. The van der Waals surface area contributed by atoms with Gasteiger partial charge in [-0.05, 0) is 13.8 Å². The van der Waals surface area contributed by atoms with Crippen LogP contribution in [0.25, 0.3) is 0 Å². The number of morpholine rings is 1. The van der Waals surface area contributed by atoms with E-state index in [1.165, 1.54) is 16.7 Å². The molecule has 28 heavy (non-hydrogen) atoms. The molecule has 2 unspecified atom stereocenters. The van der Waals surface area contributed by atoms with Gasteiger partial charge in [0.25, 0.3) is 0 Å². The Labute approximate surface area is 161 Å². The van der Waals surface area contributed by atoms with Gasteiger partial charge in [-0.1, -0.05) is 0 Å². The highest BCUT2D eigenvalue weighted by Crippen LogP contribution is 2.15. The molecule has 1 fully saturated rings. The minimum Gasteiger partial charge on any atom is -0.480 e. The number of carbonyl (C=O) groups excluding carboxylic acids is 3. The average molecular weight is 403 g/mol. The molecule has 1 aliphatic rings. The molecular weight excluding hydrogens is 378 g/mol. The largest absolute Gasteiger partial charge is 0.480 e. The first kappa shape index (κ1) is 23.5. The predicted molar refractivity (Wildman–Crippen MR) is 92.3 cm³/mol. The summed E-state index contributed by atoms with van der Waals surface area (Å²) in [6.07, 6.45) is 0. The van der Waals surface area contributed by atoms with Gasteiger partial charge >= 0.3 is 29.8 Å². The maximum absolute atomic E-state index is 11.9. The third-order valence-corrected chi connectivity index (χ3v) is 4.06. The molecule has 0 radical (unpaired) electrons. The van der Waals surface area contributed by atoms with Gasteiger partial charge in [-0.2, -0.15) is 0 Å². The van der Waals surface area contributed by atoms with E-state index < -0.39 is 41.9 Å². The van der Waals surface area contributed by atoms with Crippen molar-refractivity contribution in [2.75, 3.05) is 45.9 Å². The van der Waals surface area contributed by atoms with Crippen molar-refractivity contribution >= 4 is 29.8 Å². The number of rotatable bonds is 12. The Balaban J connectivity index is 2.95. The fraction of sp³-hybridized carbons (Fsp3) is 0.688. The Morgan fingerprint density at radius 2 is 1.86 bits per heavy atom. The number of ether oxygens (including phenoxy) is 2. The molecule has 0 bridgehead atoms. The van der Waals surface area contributed by atoms with Crippen molar-refractivity contribution in [3.63, 3.8) is 0 Å². The summed E-state index contributed by atoms with van der Waals surface area (Å²) in [5.74, 6) is -4.56. The highest BCUT2D eigenvalue weighted by atomic mass is 16.6. The van der Waals surface area contributed by atoms with Crippen LogP contribution in [0.3, 0.4) is 0 Å². The fourth-order valence-corrected chi connectivity index (χ4v) is 2.84. The molecule has 0 spiro atoms. The molecule has 12 heteroatoms. The van der Waals surface area contributed by atoms with Gasteiger partial charge in [0.2, 0.25) is 0 Å². The number of carboxylic acids is 2. The molecular formula is C16H25N3O9. The lowest BCUT2D eigenvalue weighted by Crippen LogP contribution is -2.59. The van der Waals surface area contributed by atoms with E-state index in [9.17, 15) is 29.1 Å². The van der Waals surface area contributed by atoms with Crippen molar-refractivity contribution in [3.8, 4) is 0 Å². The molecule has 2 atom stereocenters. The summed E-state index contributed by atoms with van der Waals surface area (Å²) in [7, 11) is 0. The molecule has 158 valence electrons. The molecule has 1 saturated heterocycles. The van der Waals surface area contributed by atoms with Crippen molar-refractivity contribution in [1.82, 2.24) is 15.1 Å². The van der Waals surface area contributed by atoms with Crippen molar-refractivity contribution < 1.29 is 43.7 Å². The van der Waals surface area contributed by atoms with Gasteiger partial charge in [-0.15, -0.1) is 0 Å². The average Bonchev–Trinajstić information content (AvgIpc) is 2.57. The third kappa shape index (κ3) is 7.58. The molecule has 0 aromatic rings. The van der Waals surface area contributed by atoms with Crippen LogP contribution in [-0.2, 0) is 33.4 Å². The van der Waals surface area contributed by atoms with Gasteiger partial charge in [0, 0.05) is 19.1 Å². The number of cyclic esters (lactones) is 2. The van der Waals surface area contributed by atoms with E-state index in [2.05, 4.69) is 10.1 Å². The maximum Gasteiger partial charge on any atom is 0.327 e. The van der Waals surface area contributed by atoms with Crippen LogP contribution >= 0.6 is 0 Å². The monoisotopic (exact) mass is 403 g/mol. The number of hydrogen-bond donors (Lipinski definition) is 3. The van der Waals surface area contributed by atoms with Gasteiger partial charge in [0.1, 0.15) is 6.04 Å². The standard InChI is InChI=1S/C16H25N3O9/c1-3-27-12(22)7-18(5-4-17-6-11(20)21)15(16(25)26)10(2)19-8-13(23)28-14(24)9-19/h10,15,17H,3-9H2,1-2H3,(H,20,21)(H,25,26). The molecule has 1 rings (SSSR count). The normalized spacial score (nSPS) is 17.1.